The van der Waals surface area contributed by atoms with Gasteiger partial charge in [-0.1, -0.05) is 41.4 Å². The summed E-state index contributed by atoms with van der Waals surface area (Å²) in [4.78, 5) is 40.7. The van der Waals surface area contributed by atoms with Crippen LogP contribution in [-0.4, -0.2) is 34.3 Å². The van der Waals surface area contributed by atoms with Crippen molar-refractivity contribution in [2.45, 2.75) is 37.1 Å². The first kappa shape index (κ1) is 21.3. The summed E-state index contributed by atoms with van der Waals surface area (Å²) in [6.07, 6.45) is 1.94. The number of amides is 2. The summed E-state index contributed by atoms with van der Waals surface area (Å²) in [7, 11) is 0. The first-order valence-electron chi connectivity index (χ1n) is 10.7. The molecule has 1 unspecified atom stereocenters. The molecule has 1 aliphatic carbocycles. The molecule has 32 heavy (non-hydrogen) atoms. The SMILES string of the molecule is O=C(O)C[C@H]1CC(c2cccc(Cl)c2)[C@]2(C(=O)Nc3cc(Cl)ccc32)N(CC2CC2)C1=O. The lowest BCUT2D eigenvalue weighted by Crippen LogP contribution is -2.62. The molecule has 2 aromatic rings. The van der Waals surface area contributed by atoms with E-state index in [-0.39, 0.29) is 24.7 Å². The molecule has 0 radical (unpaired) electrons. The molecule has 2 aromatic carbocycles. The van der Waals surface area contributed by atoms with Crippen LogP contribution < -0.4 is 5.32 Å². The van der Waals surface area contributed by atoms with Gasteiger partial charge in [-0.2, -0.15) is 0 Å². The maximum absolute atomic E-state index is 13.8. The summed E-state index contributed by atoms with van der Waals surface area (Å²) in [5, 5.41) is 13.4. The number of aliphatic carboxylic acids is 1. The second kappa shape index (κ2) is 7.78. The summed E-state index contributed by atoms with van der Waals surface area (Å²) in [6, 6.07) is 12.5. The minimum atomic E-state index is -1.28. The van der Waals surface area contributed by atoms with E-state index >= 15 is 0 Å². The average molecular weight is 473 g/mol. The van der Waals surface area contributed by atoms with Crippen LogP contribution in [0.4, 0.5) is 5.69 Å². The topological polar surface area (TPSA) is 86.7 Å². The quantitative estimate of drug-likeness (QED) is 0.662. The monoisotopic (exact) mass is 472 g/mol. The van der Waals surface area contributed by atoms with E-state index in [1.807, 2.05) is 12.1 Å². The Kier molecular flexibility index (Phi) is 5.18. The number of nitrogens with zero attached hydrogens (tertiary/aromatic N) is 1. The molecule has 3 aliphatic rings. The van der Waals surface area contributed by atoms with E-state index in [4.69, 9.17) is 23.2 Å². The lowest BCUT2D eigenvalue weighted by atomic mass is 9.66. The van der Waals surface area contributed by atoms with Gasteiger partial charge in [0.25, 0.3) is 5.91 Å². The molecule has 2 amide bonds. The lowest BCUT2D eigenvalue weighted by molar-refractivity contribution is -0.160. The van der Waals surface area contributed by atoms with Crippen LogP contribution in [0.1, 0.15) is 42.7 Å². The van der Waals surface area contributed by atoms with Crippen molar-refractivity contribution in [2.24, 2.45) is 11.8 Å². The van der Waals surface area contributed by atoms with E-state index < -0.39 is 23.3 Å². The molecule has 1 spiro atoms. The molecule has 166 valence electrons. The zero-order valence-electron chi connectivity index (χ0n) is 17.2. The summed E-state index contributed by atoms with van der Waals surface area (Å²) < 4.78 is 0. The van der Waals surface area contributed by atoms with Crippen molar-refractivity contribution in [3.63, 3.8) is 0 Å². The summed E-state index contributed by atoms with van der Waals surface area (Å²) >= 11 is 12.5. The van der Waals surface area contributed by atoms with E-state index in [2.05, 4.69) is 5.32 Å². The zero-order valence-corrected chi connectivity index (χ0v) is 18.7. The third kappa shape index (κ3) is 3.37. The summed E-state index contributed by atoms with van der Waals surface area (Å²) in [6.45, 7) is 0.418. The Hall–Kier alpha value is -2.57. The van der Waals surface area contributed by atoms with Gasteiger partial charge in [0.05, 0.1) is 6.42 Å². The molecule has 6 nitrogen and oxygen atoms in total. The zero-order chi connectivity index (χ0) is 22.6. The van der Waals surface area contributed by atoms with Crippen molar-refractivity contribution < 1.29 is 19.5 Å². The predicted molar refractivity (Wildman–Crippen MR) is 121 cm³/mol. The molecule has 1 saturated heterocycles. The number of halogens is 2. The molecule has 0 aromatic heterocycles. The number of hydrogen-bond donors (Lipinski definition) is 2. The predicted octanol–water partition coefficient (Wildman–Crippen LogP) is 4.66. The standard InChI is InChI=1S/C24H22Cl2N2O4/c25-16-3-1-2-14(8-16)19-9-15(10-21(29)30)22(31)28(12-13-4-5-13)24(19)18-7-6-17(26)11-20(18)27-23(24)32/h1-3,6-8,11,13,15,19H,4-5,9-10,12H2,(H,27,32)(H,29,30)/t15-,19?,24-/m1/s1. The number of likely N-dealkylation sites (tertiary alicyclic amines) is 1. The number of hydrogen-bond acceptors (Lipinski definition) is 3. The highest BCUT2D eigenvalue weighted by atomic mass is 35.5. The van der Waals surface area contributed by atoms with Gasteiger partial charge in [-0.25, -0.2) is 0 Å². The van der Waals surface area contributed by atoms with Crippen LogP contribution in [0.5, 0.6) is 0 Å². The highest BCUT2D eigenvalue weighted by Gasteiger charge is 2.62. The number of rotatable bonds is 5. The van der Waals surface area contributed by atoms with Crippen LogP contribution >= 0.6 is 23.2 Å². The van der Waals surface area contributed by atoms with Gasteiger partial charge in [0.15, 0.2) is 5.54 Å². The third-order valence-electron chi connectivity index (χ3n) is 6.86. The number of piperidine rings is 1. The van der Waals surface area contributed by atoms with Crippen molar-refractivity contribution in [1.82, 2.24) is 4.90 Å². The number of fused-ring (bicyclic) bond motifs is 2. The number of carbonyl (C=O) groups excluding carboxylic acids is 2. The fourth-order valence-corrected chi connectivity index (χ4v) is 5.69. The van der Waals surface area contributed by atoms with Gasteiger partial charge < -0.3 is 15.3 Å². The highest BCUT2D eigenvalue weighted by molar-refractivity contribution is 6.31. The van der Waals surface area contributed by atoms with Crippen LogP contribution in [0.2, 0.25) is 10.0 Å². The lowest BCUT2D eigenvalue weighted by Gasteiger charge is -2.51. The van der Waals surface area contributed by atoms with Crippen LogP contribution in [0, 0.1) is 11.8 Å². The number of benzene rings is 2. The van der Waals surface area contributed by atoms with E-state index in [0.717, 1.165) is 18.4 Å². The first-order valence-corrected chi connectivity index (χ1v) is 11.5. The molecular formula is C24H22Cl2N2O4. The molecular weight excluding hydrogens is 451 g/mol. The number of nitrogens with one attached hydrogen (secondary N) is 1. The van der Waals surface area contributed by atoms with Gasteiger partial charge in [-0.15, -0.1) is 0 Å². The normalized spacial score (nSPS) is 26.9. The van der Waals surface area contributed by atoms with Crippen molar-refractivity contribution >= 4 is 46.7 Å². The summed E-state index contributed by atoms with van der Waals surface area (Å²) in [5.41, 5.74) is 0.804. The van der Waals surface area contributed by atoms with Crippen molar-refractivity contribution in [3.8, 4) is 0 Å². The fourth-order valence-electron chi connectivity index (χ4n) is 5.32. The Morgan fingerprint density at radius 1 is 1.12 bits per heavy atom. The number of carboxylic acids is 1. The second-order valence-electron chi connectivity index (χ2n) is 8.94. The Morgan fingerprint density at radius 2 is 1.88 bits per heavy atom. The molecule has 2 heterocycles. The fraction of sp³-hybridized carbons (Fsp3) is 0.375. The highest BCUT2D eigenvalue weighted by Crippen LogP contribution is 2.56. The largest absolute Gasteiger partial charge is 0.481 e. The van der Waals surface area contributed by atoms with Crippen molar-refractivity contribution in [1.29, 1.82) is 0 Å². The number of anilines is 1. The van der Waals surface area contributed by atoms with E-state index in [0.29, 0.717) is 33.8 Å². The maximum Gasteiger partial charge on any atom is 0.304 e. The maximum atomic E-state index is 13.8. The van der Waals surface area contributed by atoms with E-state index in [9.17, 15) is 19.5 Å². The number of carbonyl (C=O) groups is 3. The van der Waals surface area contributed by atoms with Gasteiger partial charge in [0, 0.05) is 39.7 Å². The Morgan fingerprint density at radius 3 is 2.56 bits per heavy atom. The Labute approximate surface area is 195 Å². The Bertz CT molecular complexity index is 1130. The molecule has 5 rings (SSSR count). The molecule has 8 heteroatoms. The van der Waals surface area contributed by atoms with Crippen LogP contribution in [0.15, 0.2) is 42.5 Å². The molecule has 3 atom stereocenters. The van der Waals surface area contributed by atoms with Gasteiger partial charge in [-0.3, -0.25) is 14.4 Å². The van der Waals surface area contributed by atoms with Gasteiger partial charge in [0.1, 0.15) is 0 Å². The van der Waals surface area contributed by atoms with Crippen LogP contribution in [0.25, 0.3) is 0 Å². The minimum Gasteiger partial charge on any atom is -0.481 e. The van der Waals surface area contributed by atoms with Gasteiger partial charge in [-0.05, 0) is 55.0 Å². The Balaban J connectivity index is 1.74. The molecule has 2 N–H and O–H groups in total. The van der Waals surface area contributed by atoms with Gasteiger partial charge >= 0.3 is 5.97 Å². The van der Waals surface area contributed by atoms with E-state index in [1.165, 1.54) is 0 Å². The molecule has 1 saturated carbocycles. The smallest absolute Gasteiger partial charge is 0.304 e. The molecule has 0 bridgehead atoms. The van der Waals surface area contributed by atoms with Gasteiger partial charge in [0.2, 0.25) is 5.91 Å². The third-order valence-corrected chi connectivity index (χ3v) is 7.33. The van der Waals surface area contributed by atoms with Crippen LogP contribution in [-0.2, 0) is 19.9 Å². The second-order valence-corrected chi connectivity index (χ2v) is 9.81. The van der Waals surface area contributed by atoms with E-state index in [1.54, 1.807) is 35.2 Å². The first-order chi connectivity index (χ1) is 15.3. The minimum absolute atomic E-state index is 0.238. The molecule has 2 aliphatic heterocycles. The summed E-state index contributed by atoms with van der Waals surface area (Å²) in [5.74, 6) is -2.46. The van der Waals surface area contributed by atoms with Crippen LogP contribution in [0.3, 0.4) is 0 Å². The average Bonchev–Trinajstić information content (AvgIpc) is 3.51. The molecule has 2 fully saturated rings. The van der Waals surface area contributed by atoms with Crippen molar-refractivity contribution in [2.75, 3.05) is 11.9 Å². The number of carboxylic acid groups (broad SMARTS) is 1. The van der Waals surface area contributed by atoms with Crippen molar-refractivity contribution in [3.05, 3.63) is 63.6 Å².